The molecule has 0 aliphatic rings. The van der Waals surface area contributed by atoms with Crippen LogP contribution in [-0.2, 0) is 6.18 Å². The van der Waals surface area contributed by atoms with Crippen molar-refractivity contribution in [3.8, 4) is 11.3 Å². The quantitative estimate of drug-likeness (QED) is 0.669. The van der Waals surface area contributed by atoms with E-state index in [1.165, 1.54) is 6.07 Å². The van der Waals surface area contributed by atoms with Gasteiger partial charge in [0.1, 0.15) is 5.76 Å². The van der Waals surface area contributed by atoms with Crippen LogP contribution in [-0.4, -0.2) is 9.97 Å². The van der Waals surface area contributed by atoms with Gasteiger partial charge in [-0.1, -0.05) is 0 Å². The molecule has 0 atom stereocenters. The molecule has 3 nitrogen and oxygen atoms in total. The summed E-state index contributed by atoms with van der Waals surface area (Å²) in [7, 11) is 0. The van der Waals surface area contributed by atoms with Crippen molar-refractivity contribution in [2.75, 3.05) is 0 Å². The summed E-state index contributed by atoms with van der Waals surface area (Å²) in [4.78, 5) is 7.56. The van der Waals surface area contributed by atoms with E-state index in [0.29, 0.717) is 11.1 Å². The minimum absolute atomic E-state index is 0.180. The Bertz CT molecular complexity index is 720. The third kappa shape index (κ3) is 2.16. The molecule has 0 spiro atoms. The SMILES string of the molecule is FC(F)(F)c1cnc2oc(-c3ccncc3)cc2c1. The molecule has 3 rings (SSSR count). The summed E-state index contributed by atoms with van der Waals surface area (Å²) < 4.78 is 43.1. The van der Waals surface area contributed by atoms with E-state index < -0.39 is 11.7 Å². The van der Waals surface area contributed by atoms with Crippen LogP contribution in [0.5, 0.6) is 0 Å². The van der Waals surface area contributed by atoms with Gasteiger partial charge >= 0.3 is 6.18 Å². The van der Waals surface area contributed by atoms with Crippen molar-refractivity contribution in [3.05, 3.63) is 48.4 Å². The van der Waals surface area contributed by atoms with Crippen molar-refractivity contribution in [1.82, 2.24) is 9.97 Å². The molecule has 19 heavy (non-hydrogen) atoms. The highest BCUT2D eigenvalue weighted by atomic mass is 19.4. The molecular formula is C13H7F3N2O. The fraction of sp³-hybridized carbons (Fsp3) is 0.0769. The monoisotopic (exact) mass is 264 g/mol. The van der Waals surface area contributed by atoms with Gasteiger partial charge in [0.2, 0.25) is 5.71 Å². The van der Waals surface area contributed by atoms with Crippen molar-refractivity contribution in [3.63, 3.8) is 0 Å². The maximum Gasteiger partial charge on any atom is 0.417 e. The lowest BCUT2D eigenvalue weighted by Crippen LogP contribution is -2.04. The van der Waals surface area contributed by atoms with Crippen molar-refractivity contribution in [2.24, 2.45) is 0 Å². The molecule has 0 aromatic carbocycles. The van der Waals surface area contributed by atoms with E-state index in [0.717, 1.165) is 17.8 Å². The number of alkyl halides is 3. The van der Waals surface area contributed by atoms with Crippen molar-refractivity contribution < 1.29 is 17.6 Å². The highest BCUT2D eigenvalue weighted by Crippen LogP contribution is 2.32. The van der Waals surface area contributed by atoms with Gasteiger partial charge in [0.15, 0.2) is 0 Å². The van der Waals surface area contributed by atoms with Crippen molar-refractivity contribution >= 4 is 11.1 Å². The van der Waals surface area contributed by atoms with Crippen LogP contribution in [0.25, 0.3) is 22.4 Å². The Morgan fingerprint density at radius 1 is 1.05 bits per heavy atom. The van der Waals surface area contributed by atoms with Crippen LogP contribution in [0.3, 0.4) is 0 Å². The fourth-order valence-corrected chi connectivity index (χ4v) is 1.75. The third-order valence-electron chi connectivity index (χ3n) is 2.66. The van der Waals surface area contributed by atoms with Crippen LogP contribution in [0, 0.1) is 0 Å². The van der Waals surface area contributed by atoms with E-state index in [4.69, 9.17) is 4.42 Å². The van der Waals surface area contributed by atoms with Gasteiger partial charge in [0.25, 0.3) is 0 Å². The number of aromatic nitrogens is 2. The molecule has 0 aliphatic heterocycles. The minimum atomic E-state index is -4.41. The zero-order valence-electron chi connectivity index (χ0n) is 9.48. The molecule has 0 saturated carbocycles. The topological polar surface area (TPSA) is 38.9 Å². The molecule has 0 unspecified atom stereocenters. The Hall–Kier alpha value is -2.37. The summed E-state index contributed by atoms with van der Waals surface area (Å²) in [6.07, 6.45) is -0.481. The Morgan fingerprint density at radius 3 is 2.47 bits per heavy atom. The van der Waals surface area contributed by atoms with Crippen LogP contribution in [0.1, 0.15) is 5.56 Å². The standard InChI is InChI=1S/C13H7F3N2O/c14-13(15,16)10-5-9-6-11(19-12(9)18-7-10)8-1-3-17-4-2-8/h1-7H. The van der Waals surface area contributed by atoms with Gasteiger partial charge in [-0.05, 0) is 24.3 Å². The Balaban J connectivity index is 2.12. The molecule has 0 aliphatic carbocycles. The largest absolute Gasteiger partial charge is 0.438 e. The second kappa shape index (κ2) is 4.08. The molecule has 3 heterocycles. The summed E-state index contributed by atoms with van der Waals surface area (Å²) >= 11 is 0. The average molecular weight is 264 g/mol. The minimum Gasteiger partial charge on any atom is -0.438 e. The van der Waals surface area contributed by atoms with Crippen LogP contribution < -0.4 is 0 Å². The molecule has 3 aromatic heterocycles. The second-order valence-corrected chi connectivity index (χ2v) is 3.96. The van der Waals surface area contributed by atoms with Gasteiger partial charge in [0.05, 0.1) is 5.56 Å². The average Bonchev–Trinajstić information content (AvgIpc) is 2.81. The molecule has 0 N–H and O–H groups in total. The van der Waals surface area contributed by atoms with E-state index >= 15 is 0 Å². The number of hydrogen-bond acceptors (Lipinski definition) is 3. The first kappa shape index (κ1) is 11.7. The van der Waals surface area contributed by atoms with Gasteiger partial charge in [-0.15, -0.1) is 0 Å². The third-order valence-corrected chi connectivity index (χ3v) is 2.66. The molecule has 0 radical (unpaired) electrons. The Morgan fingerprint density at radius 2 is 1.79 bits per heavy atom. The van der Waals surface area contributed by atoms with Gasteiger partial charge in [-0.2, -0.15) is 13.2 Å². The Labute approximate surface area is 105 Å². The first-order valence-electron chi connectivity index (χ1n) is 5.41. The number of hydrogen-bond donors (Lipinski definition) is 0. The summed E-state index contributed by atoms with van der Waals surface area (Å²) in [6.45, 7) is 0. The normalized spacial score (nSPS) is 11.9. The Kier molecular flexibility index (Phi) is 2.51. The van der Waals surface area contributed by atoms with E-state index in [1.807, 2.05) is 0 Å². The van der Waals surface area contributed by atoms with Gasteiger partial charge in [-0.25, -0.2) is 4.98 Å². The molecule has 96 valence electrons. The number of nitrogens with zero attached hydrogens (tertiary/aromatic N) is 2. The van der Waals surface area contributed by atoms with E-state index in [-0.39, 0.29) is 5.71 Å². The highest BCUT2D eigenvalue weighted by Gasteiger charge is 2.31. The molecular weight excluding hydrogens is 257 g/mol. The van der Waals surface area contributed by atoms with E-state index in [9.17, 15) is 13.2 Å². The zero-order valence-corrected chi connectivity index (χ0v) is 9.48. The maximum absolute atomic E-state index is 12.6. The maximum atomic E-state index is 12.6. The number of pyridine rings is 2. The van der Waals surface area contributed by atoms with Crippen LogP contribution in [0.2, 0.25) is 0 Å². The lowest BCUT2D eigenvalue weighted by atomic mass is 10.2. The molecule has 0 fully saturated rings. The lowest BCUT2D eigenvalue weighted by molar-refractivity contribution is -0.137. The number of rotatable bonds is 1. The smallest absolute Gasteiger partial charge is 0.417 e. The predicted octanol–water partition coefficient (Wildman–Crippen LogP) is 3.91. The summed E-state index contributed by atoms with van der Waals surface area (Å²) in [6, 6.07) is 5.98. The highest BCUT2D eigenvalue weighted by molar-refractivity contribution is 5.80. The van der Waals surface area contributed by atoms with Crippen LogP contribution in [0.15, 0.2) is 47.3 Å². The molecule has 3 aromatic rings. The molecule has 0 saturated heterocycles. The number of halogens is 3. The summed E-state index contributed by atoms with van der Waals surface area (Å²) in [5, 5.41) is 0.321. The number of fused-ring (bicyclic) bond motifs is 1. The van der Waals surface area contributed by atoms with Gasteiger partial charge < -0.3 is 4.42 Å². The van der Waals surface area contributed by atoms with E-state index in [2.05, 4.69) is 9.97 Å². The fourth-order valence-electron chi connectivity index (χ4n) is 1.75. The summed E-state index contributed by atoms with van der Waals surface area (Å²) in [5.74, 6) is 0.462. The van der Waals surface area contributed by atoms with E-state index in [1.54, 1.807) is 24.5 Å². The molecule has 0 amide bonds. The van der Waals surface area contributed by atoms with Crippen LogP contribution >= 0.6 is 0 Å². The number of furan rings is 1. The van der Waals surface area contributed by atoms with Gasteiger partial charge in [-0.3, -0.25) is 4.98 Å². The zero-order chi connectivity index (χ0) is 13.5. The lowest BCUT2D eigenvalue weighted by Gasteiger charge is -2.04. The van der Waals surface area contributed by atoms with Gasteiger partial charge in [0, 0.05) is 29.5 Å². The second-order valence-electron chi connectivity index (χ2n) is 3.96. The molecule has 6 heteroatoms. The van der Waals surface area contributed by atoms with Crippen molar-refractivity contribution in [2.45, 2.75) is 6.18 Å². The van der Waals surface area contributed by atoms with Crippen LogP contribution in [0.4, 0.5) is 13.2 Å². The van der Waals surface area contributed by atoms with Crippen molar-refractivity contribution in [1.29, 1.82) is 0 Å². The summed E-state index contributed by atoms with van der Waals surface area (Å²) in [5.41, 5.74) is 0.128. The predicted molar refractivity (Wildman–Crippen MR) is 62.2 cm³/mol. The first-order valence-corrected chi connectivity index (χ1v) is 5.41. The molecule has 0 bridgehead atoms. The first-order chi connectivity index (χ1) is 9.04.